The van der Waals surface area contributed by atoms with Crippen LogP contribution in [0.25, 0.3) is 0 Å². The molecule has 2 rings (SSSR count). The molecule has 0 amide bonds. The second kappa shape index (κ2) is 5.99. The van der Waals surface area contributed by atoms with Crippen molar-refractivity contribution < 1.29 is 4.74 Å². The number of ether oxygens (including phenoxy) is 1. The smallest absolute Gasteiger partial charge is 0.0604 e. The summed E-state index contributed by atoms with van der Waals surface area (Å²) in [5, 5.41) is 3.63. The highest BCUT2D eigenvalue weighted by Gasteiger charge is 2.34. The van der Waals surface area contributed by atoms with Crippen molar-refractivity contribution >= 4 is 0 Å². The first kappa shape index (κ1) is 12.3. The van der Waals surface area contributed by atoms with E-state index in [-0.39, 0.29) is 0 Å². The highest BCUT2D eigenvalue weighted by molar-refractivity contribution is 4.90. The SMILES string of the molecule is CCOC1CC(N2CCNC(CC)CC2)C1. The van der Waals surface area contributed by atoms with Crippen molar-refractivity contribution in [2.45, 2.75) is 57.7 Å². The molecular weight excluding hydrogens is 200 g/mol. The molecular formula is C13H26N2O. The first-order chi connectivity index (χ1) is 7.83. The molecule has 1 saturated heterocycles. The van der Waals surface area contributed by atoms with Crippen molar-refractivity contribution in [1.82, 2.24) is 10.2 Å². The normalized spacial score (nSPS) is 36.8. The summed E-state index contributed by atoms with van der Waals surface area (Å²) in [6, 6.07) is 1.54. The Labute approximate surface area is 99.5 Å². The van der Waals surface area contributed by atoms with Crippen LogP contribution in [0.5, 0.6) is 0 Å². The molecule has 1 N–H and O–H groups in total. The van der Waals surface area contributed by atoms with E-state index in [0.29, 0.717) is 6.10 Å². The summed E-state index contributed by atoms with van der Waals surface area (Å²) in [5.41, 5.74) is 0. The molecule has 0 aromatic carbocycles. The second-order valence-corrected chi connectivity index (χ2v) is 5.09. The van der Waals surface area contributed by atoms with E-state index in [4.69, 9.17) is 4.74 Å². The molecule has 94 valence electrons. The van der Waals surface area contributed by atoms with Gasteiger partial charge in [-0.2, -0.15) is 0 Å². The maximum absolute atomic E-state index is 5.63. The van der Waals surface area contributed by atoms with E-state index in [1.807, 2.05) is 0 Å². The first-order valence-corrected chi connectivity index (χ1v) is 6.92. The van der Waals surface area contributed by atoms with Gasteiger partial charge in [0.05, 0.1) is 6.10 Å². The summed E-state index contributed by atoms with van der Waals surface area (Å²) >= 11 is 0. The Kier molecular flexibility index (Phi) is 4.62. The van der Waals surface area contributed by atoms with Gasteiger partial charge in [0.15, 0.2) is 0 Å². The lowest BCUT2D eigenvalue weighted by molar-refractivity contribution is -0.0449. The van der Waals surface area contributed by atoms with Crippen LogP contribution in [0.2, 0.25) is 0 Å². The molecule has 0 aromatic heterocycles. The predicted octanol–water partition coefficient (Wildman–Crippen LogP) is 1.63. The Bertz CT molecular complexity index is 204. The lowest BCUT2D eigenvalue weighted by Gasteiger charge is -2.42. The maximum Gasteiger partial charge on any atom is 0.0604 e. The number of hydrogen-bond acceptors (Lipinski definition) is 3. The highest BCUT2D eigenvalue weighted by atomic mass is 16.5. The van der Waals surface area contributed by atoms with Crippen LogP contribution in [0.3, 0.4) is 0 Å². The number of hydrogen-bond donors (Lipinski definition) is 1. The van der Waals surface area contributed by atoms with E-state index >= 15 is 0 Å². The maximum atomic E-state index is 5.63. The molecule has 1 heterocycles. The van der Waals surface area contributed by atoms with Gasteiger partial charge >= 0.3 is 0 Å². The van der Waals surface area contributed by atoms with Gasteiger partial charge in [-0.15, -0.1) is 0 Å². The van der Waals surface area contributed by atoms with Crippen LogP contribution < -0.4 is 5.32 Å². The van der Waals surface area contributed by atoms with E-state index in [9.17, 15) is 0 Å². The molecule has 16 heavy (non-hydrogen) atoms. The lowest BCUT2D eigenvalue weighted by atomic mass is 9.87. The third-order valence-electron chi connectivity index (χ3n) is 4.08. The Morgan fingerprint density at radius 1 is 1.25 bits per heavy atom. The fourth-order valence-electron chi connectivity index (χ4n) is 2.87. The quantitative estimate of drug-likeness (QED) is 0.788. The van der Waals surface area contributed by atoms with Gasteiger partial charge < -0.3 is 10.1 Å². The van der Waals surface area contributed by atoms with Crippen molar-refractivity contribution in [3.05, 3.63) is 0 Å². The van der Waals surface area contributed by atoms with Gasteiger partial charge in [-0.3, -0.25) is 4.90 Å². The van der Waals surface area contributed by atoms with Crippen LogP contribution in [0.15, 0.2) is 0 Å². The van der Waals surface area contributed by atoms with E-state index in [1.165, 1.54) is 38.8 Å². The first-order valence-electron chi connectivity index (χ1n) is 6.92. The Morgan fingerprint density at radius 2 is 2.06 bits per heavy atom. The largest absolute Gasteiger partial charge is 0.378 e. The summed E-state index contributed by atoms with van der Waals surface area (Å²) in [6.07, 6.45) is 5.63. The summed E-state index contributed by atoms with van der Waals surface area (Å²) in [7, 11) is 0. The third kappa shape index (κ3) is 2.96. The fraction of sp³-hybridized carbons (Fsp3) is 1.00. The molecule has 2 aliphatic rings. The van der Waals surface area contributed by atoms with Crippen molar-refractivity contribution in [3.8, 4) is 0 Å². The zero-order chi connectivity index (χ0) is 11.4. The van der Waals surface area contributed by atoms with Crippen LogP contribution in [-0.4, -0.2) is 49.3 Å². The summed E-state index contributed by atoms with van der Waals surface area (Å²) < 4.78 is 5.63. The molecule has 1 unspecified atom stereocenters. The molecule has 0 spiro atoms. The minimum atomic E-state index is 0.549. The van der Waals surface area contributed by atoms with Gasteiger partial charge in [-0.25, -0.2) is 0 Å². The molecule has 3 nitrogen and oxygen atoms in total. The molecule has 0 aromatic rings. The van der Waals surface area contributed by atoms with Crippen LogP contribution >= 0.6 is 0 Å². The van der Waals surface area contributed by atoms with Crippen LogP contribution in [-0.2, 0) is 4.74 Å². The van der Waals surface area contributed by atoms with Crippen LogP contribution in [0.4, 0.5) is 0 Å². The molecule has 1 aliphatic carbocycles. The van der Waals surface area contributed by atoms with E-state index < -0.39 is 0 Å². The van der Waals surface area contributed by atoms with Crippen molar-refractivity contribution in [3.63, 3.8) is 0 Å². The fourth-order valence-corrected chi connectivity index (χ4v) is 2.87. The molecule has 1 aliphatic heterocycles. The van der Waals surface area contributed by atoms with Crippen molar-refractivity contribution in [1.29, 1.82) is 0 Å². The average Bonchev–Trinajstić information content (AvgIpc) is 2.47. The minimum Gasteiger partial charge on any atom is -0.378 e. The standard InChI is InChI=1S/C13H26N2O/c1-3-11-5-7-15(8-6-14-11)12-9-13(10-12)16-4-2/h11-14H,3-10H2,1-2H3. The monoisotopic (exact) mass is 226 g/mol. The van der Waals surface area contributed by atoms with Gasteiger partial charge in [-0.05, 0) is 39.2 Å². The molecule has 1 saturated carbocycles. The Hall–Kier alpha value is -0.120. The summed E-state index contributed by atoms with van der Waals surface area (Å²) in [5.74, 6) is 0. The van der Waals surface area contributed by atoms with Gasteiger partial charge in [0.2, 0.25) is 0 Å². The average molecular weight is 226 g/mol. The minimum absolute atomic E-state index is 0.549. The number of nitrogens with one attached hydrogen (secondary N) is 1. The van der Waals surface area contributed by atoms with E-state index in [2.05, 4.69) is 24.1 Å². The third-order valence-corrected chi connectivity index (χ3v) is 4.08. The molecule has 0 radical (unpaired) electrons. The Balaban J connectivity index is 1.71. The van der Waals surface area contributed by atoms with Gasteiger partial charge in [0.25, 0.3) is 0 Å². The summed E-state index contributed by atoms with van der Waals surface area (Å²) in [4.78, 5) is 2.66. The van der Waals surface area contributed by atoms with E-state index in [0.717, 1.165) is 25.2 Å². The Morgan fingerprint density at radius 3 is 2.75 bits per heavy atom. The number of rotatable bonds is 4. The molecule has 3 heteroatoms. The molecule has 0 bridgehead atoms. The molecule has 1 atom stereocenters. The van der Waals surface area contributed by atoms with Crippen LogP contribution in [0, 0.1) is 0 Å². The molecule has 2 fully saturated rings. The predicted molar refractivity (Wildman–Crippen MR) is 66.7 cm³/mol. The van der Waals surface area contributed by atoms with Gasteiger partial charge in [0, 0.05) is 31.8 Å². The van der Waals surface area contributed by atoms with Crippen molar-refractivity contribution in [2.24, 2.45) is 0 Å². The van der Waals surface area contributed by atoms with Gasteiger partial charge in [0.1, 0.15) is 0 Å². The number of nitrogens with zero attached hydrogens (tertiary/aromatic N) is 1. The zero-order valence-electron chi connectivity index (χ0n) is 10.7. The van der Waals surface area contributed by atoms with Gasteiger partial charge in [-0.1, -0.05) is 6.92 Å². The van der Waals surface area contributed by atoms with Crippen LogP contribution in [0.1, 0.15) is 39.5 Å². The van der Waals surface area contributed by atoms with Crippen molar-refractivity contribution in [2.75, 3.05) is 26.2 Å². The topological polar surface area (TPSA) is 24.5 Å². The second-order valence-electron chi connectivity index (χ2n) is 5.09. The van der Waals surface area contributed by atoms with E-state index in [1.54, 1.807) is 0 Å². The zero-order valence-corrected chi connectivity index (χ0v) is 10.7. The summed E-state index contributed by atoms with van der Waals surface area (Å²) in [6.45, 7) is 8.90. The lowest BCUT2D eigenvalue weighted by Crippen LogP contribution is -2.49. The highest BCUT2D eigenvalue weighted by Crippen LogP contribution is 2.28.